The molecule has 0 saturated carbocycles. The molecule has 0 unspecified atom stereocenters. The van der Waals surface area contributed by atoms with Crippen molar-refractivity contribution in [1.29, 1.82) is 0 Å². The molecule has 0 amide bonds. The van der Waals surface area contributed by atoms with Crippen molar-refractivity contribution in [1.82, 2.24) is 19.9 Å². The Balaban J connectivity index is 2.07. The van der Waals surface area contributed by atoms with Crippen molar-refractivity contribution in [2.75, 3.05) is 0 Å². The average Bonchev–Trinajstić information content (AvgIpc) is 2.85. The standard InChI is InChI=1S/C13H10N4O/c18-13-16-10(11-12(17-13)15-8-14-11)7-6-9-4-2-1-3-5-9/h1-8H,(H2,14,15,16,17,18)/b7-6+. The van der Waals surface area contributed by atoms with Gasteiger partial charge < -0.3 is 9.97 Å². The van der Waals surface area contributed by atoms with Gasteiger partial charge in [-0.05, 0) is 11.6 Å². The molecule has 5 heteroatoms. The number of nitrogens with zero attached hydrogens (tertiary/aromatic N) is 2. The first-order valence-electron chi connectivity index (χ1n) is 5.49. The van der Waals surface area contributed by atoms with Gasteiger partial charge in [0.2, 0.25) is 0 Å². The van der Waals surface area contributed by atoms with Crippen LogP contribution in [0.3, 0.4) is 0 Å². The van der Waals surface area contributed by atoms with Gasteiger partial charge in [-0.2, -0.15) is 4.98 Å². The van der Waals surface area contributed by atoms with Crippen molar-refractivity contribution < 1.29 is 0 Å². The maximum absolute atomic E-state index is 11.4. The molecule has 2 N–H and O–H groups in total. The molecular formula is C13H10N4O. The third-order valence-electron chi connectivity index (χ3n) is 2.58. The number of hydrogen-bond acceptors (Lipinski definition) is 3. The minimum Gasteiger partial charge on any atom is -0.342 e. The van der Waals surface area contributed by atoms with Gasteiger partial charge in [0.05, 0.1) is 12.0 Å². The van der Waals surface area contributed by atoms with Crippen molar-refractivity contribution in [2.24, 2.45) is 0 Å². The topological polar surface area (TPSA) is 74.4 Å². The van der Waals surface area contributed by atoms with Gasteiger partial charge in [0.1, 0.15) is 5.52 Å². The van der Waals surface area contributed by atoms with Crippen LogP contribution in [0.1, 0.15) is 11.3 Å². The number of imidazole rings is 1. The summed E-state index contributed by atoms with van der Waals surface area (Å²) in [6.07, 6.45) is 5.27. The summed E-state index contributed by atoms with van der Waals surface area (Å²) in [5, 5.41) is 0. The van der Waals surface area contributed by atoms with Gasteiger partial charge in [0.15, 0.2) is 5.65 Å². The Bertz CT molecular complexity index is 755. The maximum Gasteiger partial charge on any atom is 0.347 e. The van der Waals surface area contributed by atoms with Crippen LogP contribution < -0.4 is 5.69 Å². The number of rotatable bonds is 2. The van der Waals surface area contributed by atoms with Crippen LogP contribution in [-0.4, -0.2) is 19.9 Å². The van der Waals surface area contributed by atoms with Gasteiger partial charge in [-0.1, -0.05) is 36.4 Å². The number of hydrogen-bond donors (Lipinski definition) is 2. The average molecular weight is 238 g/mol. The summed E-state index contributed by atoms with van der Waals surface area (Å²) in [5.74, 6) is 0. The summed E-state index contributed by atoms with van der Waals surface area (Å²) in [5.41, 5.74) is 2.48. The van der Waals surface area contributed by atoms with E-state index >= 15 is 0 Å². The van der Waals surface area contributed by atoms with Crippen molar-refractivity contribution in [3.8, 4) is 0 Å². The van der Waals surface area contributed by atoms with Crippen LogP contribution in [0.15, 0.2) is 41.5 Å². The Hall–Kier alpha value is -2.69. The molecule has 0 spiro atoms. The lowest BCUT2D eigenvalue weighted by Gasteiger charge is -1.95. The molecule has 3 rings (SSSR count). The quantitative estimate of drug-likeness (QED) is 0.715. The molecule has 5 nitrogen and oxygen atoms in total. The number of fused-ring (bicyclic) bond motifs is 1. The molecule has 0 aliphatic rings. The Morgan fingerprint density at radius 3 is 2.78 bits per heavy atom. The largest absolute Gasteiger partial charge is 0.347 e. The highest BCUT2D eigenvalue weighted by Gasteiger charge is 2.03. The minimum atomic E-state index is -0.401. The summed E-state index contributed by atoms with van der Waals surface area (Å²) in [6.45, 7) is 0. The highest BCUT2D eigenvalue weighted by molar-refractivity contribution is 5.83. The number of H-pyrrole nitrogens is 2. The lowest BCUT2D eigenvalue weighted by molar-refractivity contribution is 1.09. The molecular weight excluding hydrogens is 228 g/mol. The monoisotopic (exact) mass is 238 g/mol. The number of benzene rings is 1. The molecule has 0 fully saturated rings. The summed E-state index contributed by atoms with van der Waals surface area (Å²) >= 11 is 0. The highest BCUT2D eigenvalue weighted by Crippen LogP contribution is 2.11. The van der Waals surface area contributed by atoms with E-state index in [2.05, 4.69) is 19.9 Å². The molecule has 0 bridgehead atoms. The molecule has 18 heavy (non-hydrogen) atoms. The van der Waals surface area contributed by atoms with Crippen LogP contribution in [0.5, 0.6) is 0 Å². The Labute approximate surface area is 102 Å². The van der Waals surface area contributed by atoms with Gasteiger partial charge in [-0.15, -0.1) is 0 Å². The van der Waals surface area contributed by atoms with Gasteiger partial charge in [-0.25, -0.2) is 9.78 Å². The fourth-order valence-electron chi connectivity index (χ4n) is 1.74. The third-order valence-corrected chi connectivity index (χ3v) is 2.58. The summed E-state index contributed by atoms with van der Waals surface area (Å²) in [4.78, 5) is 24.7. The second-order valence-electron chi connectivity index (χ2n) is 3.80. The van der Waals surface area contributed by atoms with Crippen molar-refractivity contribution in [3.63, 3.8) is 0 Å². The first kappa shape index (κ1) is 10.5. The van der Waals surface area contributed by atoms with E-state index in [1.807, 2.05) is 42.5 Å². The van der Waals surface area contributed by atoms with E-state index in [-0.39, 0.29) is 0 Å². The van der Waals surface area contributed by atoms with Crippen molar-refractivity contribution in [3.05, 3.63) is 58.4 Å². The zero-order valence-corrected chi connectivity index (χ0v) is 9.42. The minimum absolute atomic E-state index is 0.401. The highest BCUT2D eigenvalue weighted by atomic mass is 16.1. The molecule has 0 aliphatic heterocycles. The zero-order chi connectivity index (χ0) is 12.4. The molecule has 88 valence electrons. The SMILES string of the molecule is O=c1nc2nc[nH]c2c(/C=C/c2ccccc2)[nH]1. The van der Waals surface area contributed by atoms with Gasteiger partial charge in [0, 0.05) is 0 Å². The van der Waals surface area contributed by atoms with E-state index in [9.17, 15) is 4.79 Å². The van der Waals surface area contributed by atoms with Crippen LogP contribution in [0, 0.1) is 0 Å². The number of aromatic amines is 2. The van der Waals surface area contributed by atoms with Crippen LogP contribution in [0.2, 0.25) is 0 Å². The molecule has 1 aromatic carbocycles. The van der Waals surface area contributed by atoms with Gasteiger partial charge >= 0.3 is 5.69 Å². The van der Waals surface area contributed by atoms with E-state index in [4.69, 9.17) is 0 Å². The number of nitrogens with one attached hydrogen (secondary N) is 2. The lowest BCUT2D eigenvalue weighted by Crippen LogP contribution is -2.11. The van der Waals surface area contributed by atoms with E-state index in [0.29, 0.717) is 11.3 Å². The predicted molar refractivity (Wildman–Crippen MR) is 69.9 cm³/mol. The van der Waals surface area contributed by atoms with Gasteiger partial charge in [0.25, 0.3) is 0 Å². The second-order valence-corrected chi connectivity index (χ2v) is 3.80. The van der Waals surface area contributed by atoms with Crippen molar-refractivity contribution in [2.45, 2.75) is 0 Å². The van der Waals surface area contributed by atoms with E-state index < -0.39 is 5.69 Å². The van der Waals surface area contributed by atoms with Crippen LogP contribution in [-0.2, 0) is 0 Å². The predicted octanol–water partition coefficient (Wildman–Crippen LogP) is 1.82. The molecule has 0 atom stereocenters. The number of aromatic nitrogens is 4. The summed E-state index contributed by atoms with van der Waals surface area (Å²) < 4.78 is 0. The van der Waals surface area contributed by atoms with Crippen LogP contribution in [0.4, 0.5) is 0 Å². The molecule has 0 saturated heterocycles. The molecule has 3 aromatic rings. The third kappa shape index (κ3) is 1.93. The Morgan fingerprint density at radius 2 is 1.94 bits per heavy atom. The van der Waals surface area contributed by atoms with E-state index in [0.717, 1.165) is 11.1 Å². The fourth-order valence-corrected chi connectivity index (χ4v) is 1.74. The molecule has 0 aliphatic carbocycles. The second kappa shape index (κ2) is 4.29. The summed E-state index contributed by atoms with van der Waals surface area (Å²) in [7, 11) is 0. The smallest absolute Gasteiger partial charge is 0.342 e. The fraction of sp³-hybridized carbons (Fsp3) is 0. The first-order valence-corrected chi connectivity index (χ1v) is 5.49. The zero-order valence-electron chi connectivity index (χ0n) is 9.42. The lowest BCUT2D eigenvalue weighted by atomic mass is 10.2. The Kier molecular flexibility index (Phi) is 2.49. The molecule has 2 aromatic heterocycles. The summed E-state index contributed by atoms with van der Waals surface area (Å²) in [6, 6.07) is 9.85. The maximum atomic E-state index is 11.4. The molecule has 2 heterocycles. The van der Waals surface area contributed by atoms with E-state index in [1.165, 1.54) is 6.33 Å². The van der Waals surface area contributed by atoms with E-state index in [1.54, 1.807) is 0 Å². The Morgan fingerprint density at radius 1 is 1.11 bits per heavy atom. The molecule has 0 radical (unpaired) electrons. The first-order chi connectivity index (χ1) is 8.83. The van der Waals surface area contributed by atoms with Crippen molar-refractivity contribution >= 4 is 23.3 Å². The normalized spacial score (nSPS) is 11.3. The van der Waals surface area contributed by atoms with Gasteiger partial charge in [-0.3, -0.25) is 0 Å². The van der Waals surface area contributed by atoms with Crippen LogP contribution in [0.25, 0.3) is 23.3 Å². The van der Waals surface area contributed by atoms with Crippen LogP contribution >= 0.6 is 0 Å².